The first-order valence-electron chi connectivity index (χ1n) is 0.690. The molecule has 0 aliphatic heterocycles. The van der Waals surface area contributed by atoms with Crippen LogP contribution >= 0.6 is 26.5 Å². The molecule has 0 atom stereocenters. The molecule has 0 unspecified atom stereocenters. The van der Waals surface area contributed by atoms with E-state index in [0.29, 0.717) is 23.0 Å². The minimum atomic E-state index is -2.03. The van der Waals surface area contributed by atoms with Crippen LogP contribution in [0.25, 0.3) is 0 Å². The molecule has 0 aliphatic carbocycles. The van der Waals surface area contributed by atoms with Gasteiger partial charge < -0.3 is 0 Å². The van der Waals surface area contributed by atoms with Crippen LogP contribution in [0.4, 0.5) is 0 Å². The molecule has 0 heterocycles. The zero-order valence-corrected chi connectivity index (χ0v) is 9.81. The van der Waals surface area contributed by atoms with Crippen molar-refractivity contribution < 1.29 is 3.02 Å². The van der Waals surface area contributed by atoms with Crippen LogP contribution in [0.5, 0.6) is 0 Å². The summed E-state index contributed by atoms with van der Waals surface area (Å²) in [6.45, 7) is 0. The van der Waals surface area contributed by atoms with Gasteiger partial charge in [-0.05, 0) is 0 Å². The molecule has 36 valence electrons. The Kier molecular flexibility index (Phi) is 19.2. The van der Waals surface area contributed by atoms with Crippen molar-refractivity contribution in [1.29, 1.82) is 0 Å². The average Bonchev–Trinajstić information content (AvgIpc) is 1.41. The van der Waals surface area contributed by atoms with Gasteiger partial charge in [-0.3, -0.25) is 0 Å². The molecule has 0 amide bonds. The van der Waals surface area contributed by atoms with E-state index in [-0.39, 0.29) is 0 Å². The molecule has 0 fully saturated rings. The van der Waals surface area contributed by atoms with Crippen LogP contribution in [0.2, 0.25) is 0 Å². The number of rotatable bonds is 0. The number of halogens is 3. The predicted molar refractivity (Wildman–Crippen MR) is 29.8 cm³/mol. The van der Waals surface area contributed by atoms with Crippen molar-refractivity contribution in [2.75, 3.05) is 0 Å². The van der Waals surface area contributed by atoms with Gasteiger partial charge in [0.25, 0.3) is 0 Å². The van der Waals surface area contributed by atoms with Gasteiger partial charge in [-0.25, -0.2) is 0 Å². The number of hydrogen-bond donors (Lipinski definition) is 0. The Balaban J connectivity index is 0. The first-order valence-corrected chi connectivity index (χ1v) is 11.4. The van der Waals surface area contributed by atoms with E-state index >= 15 is 0 Å². The van der Waals surface area contributed by atoms with Gasteiger partial charge >= 0.3 is 69.3 Å². The third-order valence-electron chi connectivity index (χ3n) is 0. The predicted octanol–water partition coefficient (Wildman–Crippen LogP) is 1.19. The second-order valence-electron chi connectivity index (χ2n) is 0.192. The van der Waals surface area contributed by atoms with Crippen LogP contribution in [0.3, 0.4) is 0 Å². The van der Waals surface area contributed by atoms with E-state index in [1.165, 1.54) is 0 Å². The first kappa shape index (κ1) is 11.1. The molecule has 0 aliphatic rings. The van der Waals surface area contributed by atoms with Crippen LogP contribution in [0.15, 0.2) is 0 Å². The summed E-state index contributed by atoms with van der Waals surface area (Å²) in [7, 11) is 15.0. The van der Waals surface area contributed by atoms with Crippen LogP contribution in [0.1, 0.15) is 0 Å². The van der Waals surface area contributed by atoms with Crippen molar-refractivity contribution in [2.24, 2.45) is 0 Å². The maximum atomic E-state index is 8.30. The third kappa shape index (κ3) is 33.4. The second-order valence-corrected chi connectivity index (χ2v) is 11.6. The standard InChI is InChI=1S/3ClH.O.2Sb/h3*1H;;;/q;;;;+1;+3/p-3. The zero-order chi connectivity index (χ0) is 5.58. The van der Waals surface area contributed by atoms with Gasteiger partial charge in [0.2, 0.25) is 0 Å². The van der Waals surface area contributed by atoms with Crippen LogP contribution in [0, 0.1) is 0 Å². The molecule has 0 aromatic heterocycles. The van der Waals surface area contributed by atoms with Gasteiger partial charge in [0.15, 0.2) is 0 Å². The van der Waals surface area contributed by atoms with Gasteiger partial charge in [-0.2, -0.15) is 0 Å². The van der Waals surface area contributed by atoms with Crippen LogP contribution in [-0.2, 0) is 3.02 Å². The van der Waals surface area contributed by atoms with E-state index in [4.69, 9.17) is 29.5 Å². The van der Waals surface area contributed by atoms with E-state index in [1.54, 1.807) is 0 Å². The molecule has 0 saturated carbocycles. The van der Waals surface area contributed by atoms with Crippen LogP contribution < -0.4 is 0 Å². The zero-order valence-electron chi connectivity index (χ0n) is 2.44. The van der Waals surface area contributed by atoms with E-state index in [9.17, 15) is 0 Å². The van der Waals surface area contributed by atoms with E-state index in [1.807, 2.05) is 0 Å². The summed E-state index contributed by atoms with van der Waals surface area (Å²) in [4.78, 5) is 0. The van der Waals surface area contributed by atoms with Gasteiger partial charge in [-0.15, -0.1) is 0 Å². The SMILES string of the molecule is [Cl][Sb]([Cl])[Cl].[O]=[Sb+]. The molecule has 0 N–H and O–H groups in total. The fourth-order valence-electron chi connectivity index (χ4n) is 0. The van der Waals surface area contributed by atoms with Gasteiger partial charge in [-0.1, -0.05) is 0 Å². The Labute approximate surface area is 68.2 Å². The molecule has 0 aromatic rings. The molecular weight excluding hydrogens is 366 g/mol. The van der Waals surface area contributed by atoms with Gasteiger partial charge in [0.1, 0.15) is 0 Å². The molecule has 6 heavy (non-hydrogen) atoms. The molecule has 0 spiro atoms. The second kappa shape index (κ2) is 10.3. The quantitative estimate of drug-likeness (QED) is 0.589. The Morgan fingerprint density at radius 3 is 1.17 bits per heavy atom. The van der Waals surface area contributed by atoms with Gasteiger partial charge in [0, 0.05) is 0 Å². The van der Waals surface area contributed by atoms with Crippen molar-refractivity contribution in [1.82, 2.24) is 0 Å². The summed E-state index contributed by atoms with van der Waals surface area (Å²) in [6, 6.07) is 0. The van der Waals surface area contributed by atoms with Crippen molar-refractivity contribution in [3.63, 3.8) is 0 Å². The molecule has 0 saturated heterocycles. The molecule has 0 rings (SSSR count). The van der Waals surface area contributed by atoms with E-state index < -0.39 is 16.8 Å². The van der Waals surface area contributed by atoms with Crippen molar-refractivity contribution in [2.45, 2.75) is 0 Å². The first-order chi connectivity index (χ1) is 2.73. The van der Waals surface area contributed by atoms with Crippen molar-refractivity contribution >= 4 is 66.3 Å². The minimum absolute atomic E-state index is 0.500. The van der Waals surface area contributed by atoms with Crippen molar-refractivity contribution in [3.05, 3.63) is 0 Å². The average molecular weight is 366 g/mol. The molecule has 2 radical (unpaired) electrons. The van der Waals surface area contributed by atoms with Crippen LogP contribution in [-0.4, -0.2) is 39.8 Å². The topological polar surface area (TPSA) is 17.1 Å². The third-order valence-corrected chi connectivity index (χ3v) is 0. The van der Waals surface area contributed by atoms with E-state index in [2.05, 4.69) is 0 Å². The maximum absolute atomic E-state index is 8.30. The fraction of sp³-hybridized carbons (Fsp3) is 0. The molecule has 6 heteroatoms. The molecule has 0 aromatic carbocycles. The Hall–Kier alpha value is 2.31. The monoisotopic (exact) mass is 363 g/mol. The normalized spacial score (nSPS) is 6.67. The summed E-state index contributed by atoms with van der Waals surface area (Å²) >= 11 is -1.53. The molecule has 0 bridgehead atoms. The summed E-state index contributed by atoms with van der Waals surface area (Å²) in [5.41, 5.74) is 0. The Morgan fingerprint density at radius 1 is 1.17 bits per heavy atom. The Bertz CT molecular complexity index is 20.0. The molecular formula is Cl3OSb2+. The van der Waals surface area contributed by atoms with E-state index in [0.717, 1.165) is 0 Å². The summed E-state index contributed by atoms with van der Waals surface area (Å²) in [6.07, 6.45) is 0. The molecule has 1 nitrogen and oxygen atoms in total. The summed E-state index contributed by atoms with van der Waals surface area (Å²) in [5, 5.41) is 0. The van der Waals surface area contributed by atoms with Gasteiger partial charge in [0.05, 0.1) is 0 Å². The summed E-state index contributed by atoms with van der Waals surface area (Å²) in [5.74, 6) is 0. The Morgan fingerprint density at radius 2 is 1.17 bits per heavy atom. The number of hydrogen-bond acceptors (Lipinski definition) is 1. The fourth-order valence-corrected chi connectivity index (χ4v) is 0. The summed E-state index contributed by atoms with van der Waals surface area (Å²) < 4.78 is 8.30. The van der Waals surface area contributed by atoms with Crippen molar-refractivity contribution in [3.8, 4) is 0 Å².